The minimum absolute atomic E-state index is 0. The van der Waals surface area contributed by atoms with E-state index in [9.17, 15) is 0 Å². The van der Waals surface area contributed by atoms with Crippen molar-refractivity contribution in [2.75, 3.05) is 26.2 Å². The van der Waals surface area contributed by atoms with Crippen LogP contribution in [0.25, 0.3) is 0 Å². The van der Waals surface area contributed by atoms with Gasteiger partial charge in [-0.3, -0.25) is 0 Å². The summed E-state index contributed by atoms with van der Waals surface area (Å²) in [6, 6.07) is 0. The molecule has 2 N–H and O–H groups in total. The van der Waals surface area contributed by atoms with Gasteiger partial charge in [0.05, 0.1) is 26.2 Å². The standard InChI is InChI=1S/C16H36N.H2O4Se/c1-5-9-13-17(14-10-6-2,15-11-7-3)16-12-8-4;1-5(2,3)4/h5-16H2,1-4H3;(H2,1,2,3,4)/q+1;/p+1. The number of nitrogens with zero attached hydrogens (tertiary/aromatic N) is 1. The number of hydrogen-bond acceptors (Lipinski definition) is 2. The van der Waals surface area contributed by atoms with Crippen LogP contribution in [-0.4, -0.2) is 52.4 Å². The van der Waals surface area contributed by atoms with Crippen molar-refractivity contribution in [3.8, 4) is 0 Å². The maximum absolute atomic E-state index is 8.82. The van der Waals surface area contributed by atoms with Crippen LogP contribution in [0.2, 0.25) is 0 Å². The molecule has 0 aliphatic heterocycles. The quantitative estimate of drug-likeness (QED) is 0.397. The summed E-state index contributed by atoms with van der Waals surface area (Å²) < 4.78 is 33.3. The summed E-state index contributed by atoms with van der Waals surface area (Å²) in [5.74, 6) is 0. The van der Waals surface area contributed by atoms with Gasteiger partial charge in [-0.05, 0) is 25.7 Å². The second-order valence-electron chi connectivity index (χ2n) is 6.10. The molecule has 0 aromatic carbocycles. The molecule has 0 fully saturated rings. The van der Waals surface area contributed by atoms with E-state index < -0.39 is 13.4 Å². The summed E-state index contributed by atoms with van der Waals surface area (Å²) in [5.41, 5.74) is 0. The van der Waals surface area contributed by atoms with Gasteiger partial charge in [-0.2, -0.15) is 0 Å². The molecule has 0 bridgehead atoms. The van der Waals surface area contributed by atoms with E-state index in [1.54, 1.807) is 0 Å². The summed E-state index contributed by atoms with van der Waals surface area (Å²) in [5, 5.41) is 0. The van der Waals surface area contributed by atoms with Gasteiger partial charge in [0.25, 0.3) is 0 Å². The molecule has 0 heterocycles. The molecule has 0 aliphatic rings. The number of unbranched alkanes of at least 4 members (excludes halogenated alkanes) is 4. The van der Waals surface area contributed by atoms with Gasteiger partial charge in [0.1, 0.15) is 0 Å². The predicted molar refractivity (Wildman–Crippen MR) is 92.0 cm³/mol. The Kier molecular flexibility index (Phi) is 16.1. The fraction of sp³-hybridized carbons (Fsp3) is 1.00. The zero-order chi connectivity index (χ0) is 17.5. The molecule has 136 valence electrons. The predicted octanol–water partition coefficient (Wildman–Crippen LogP) is 3.38. The molecule has 0 spiro atoms. The Labute approximate surface area is 141 Å². The first kappa shape index (κ1) is 24.3. The third-order valence-corrected chi connectivity index (χ3v) is 3.94. The third-order valence-electron chi connectivity index (χ3n) is 3.94. The molecule has 6 heteroatoms. The number of rotatable bonds is 12. The van der Waals surface area contributed by atoms with E-state index in [-0.39, 0.29) is 1.43 Å². The molecule has 0 saturated carbocycles. The van der Waals surface area contributed by atoms with Crippen LogP contribution in [0.4, 0.5) is 0 Å². The Balaban J connectivity index is -0.000000578. The molecule has 0 amide bonds. The number of quaternary nitrogens is 1. The Morgan fingerprint density at radius 2 is 0.864 bits per heavy atom. The van der Waals surface area contributed by atoms with E-state index >= 15 is 0 Å². The molecule has 0 unspecified atom stereocenters. The van der Waals surface area contributed by atoms with Crippen molar-refractivity contribution in [3.05, 3.63) is 0 Å². The summed E-state index contributed by atoms with van der Waals surface area (Å²) >= 11 is -5.25. The summed E-state index contributed by atoms with van der Waals surface area (Å²) in [7, 11) is 0. The SMILES string of the molecule is CCCC[N+](CCCC)(CCCC)CCCC.O=[Se](=O)(O)O.[H+]. The molecular weight excluding hydrogens is 349 g/mol. The van der Waals surface area contributed by atoms with Gasteiger partial charge < -0.3 is 4.48 Å². The smallest absolute Gasteiger partial charge is 1.00 e. The normalized spacial score (nSPS) is 11.9. The monoisotopic (exact) mass is 389 g/mol. The van der Waals surface area contributed by atoms with Gasteiger partial charge in [0.15, 0.2) is 0 Å². The van der Waals surface area contributed by atoms with Crippen LogP contribution in [0.1, 0.15) is 80.5 Å². The van der Waals surface area contributed by atoms with E-state index in [1.165, 1.54) is 82.0 Å². The second kappa shape index (κ2) is 14.6. The molecule has 0 rings (SSSR count). The summed E-state index contributed by atoms with van der Waals surface area (Å²) in [6.07, 6.45) is 11.1. The fourth-order valence-corrected chi connectivity index (χ4v) is 2.64. The minimum atomic E-state index is -5.25. The Morgan fingerprint density at radius 3 is 1.00 bits per heavy atom. The first-order chi connectivity index (χ1) is 10.2. The fourth-order valence-electron chi connectivity index (χ4n) is 2.64. The van der Waals surface area contributed by atoms with Crippen molar-refractivity contribution in [1.29, 1.82) is 0 Å². The molecule has 22 heavy (non-hydrogen) atoms. The van der Waals surface area contributed by atoms with Gasteiger partial charge >= 0.3 is 30.8 Å². The van der Waals surface area contributed by atoms with Crippen LogP contribution in [0.3, 0.4) is 0 Å². The molecular formula is C16H39NO4Se+2. The largest absolute Gasteiger partial charge is 1.00 e. The second-order valence-corrected chi connectivity index (χ2v) is 7.98. The van der Waals surface area contributed by atoms with Crippen molar-refractivity contribution < 1.29 is 22.0 Å². The van der Waals surface area contributed by atoms with Gasteiger partial charge in [-0.25, -0.2) is 0 Å². The molecule has 5 nitrogen and oxygen atoms in total. The average molecular weight is 388 g/mol. The van der Waals surface area contributed by atoms with Gasteiger partial charge in [0.2, 0.25) is 0 Å². The van der Waals surface area contributed by atoms with E-state index in [0.717, 1.165) is 0 Å². The topological polar surface area (TPSA) is 74.6 Å². The van der Waals surface area contributed by atoms with Gasteiger partial charge in [-0.1, -0.05) is 53.4 Å². The van der Waals surface area contributed by atoms with E-state index in [2.05, 4.69) is 27.7 Å². The molecule has 0 aromatic heterocycles. The van der Waals surface area contributed by atoms with Crippen LogP contribution in [0, 0.1) is 0 Å². The molecule has 0 radical (unpaired) electrons. The molecule has 0 saturated heterocycles. The van der Waals surface area contributed by atoms with Gasteiger partial charge in [-0.15, -0.1) is 0 Å². The Bertz CT molecular complexity index is 291. The maximum atomic E-state index is 8.82. The van der Waals surface area contributed by atoms with Crippen LogP contribution >= 0.6 is 0 Å². The average Bonchev–Trinajstić information content (AvgIpc) is 2.44. The molecule has 0 aromatic rings. The summed E-state index contributed by atoms with van der Waals surface area (Å²) in [6.45, 7) is 15.0. The zero-order valence-electron chi connectivity index (χ0n) is 16.1. The van der Waals surface area contributed by atoms with Crippen molar-refractivity contribution in [2.45, 2.75) is 79.1 Å². The van der Waals surface area contributed by atoms with Crippen LogP contribution in [0.15, 0.2) is 0 Å². The maximum Gasteiger partial charge on any atom is 1.00 e. The van der Waals surface area contributed by atoms with E-state index in [1.807, 2.05) is 0 Å². The molecule has 0 atom stereocenters. The Morgan fingerprint density at radius 1 is 0.682 bits per heavy atom. The number of hydrogen-bond donors (Lipinski definition) is 2. The summed E-state index contributed by atoms with van der Waals surface area (Å²) in [4.78, 5) is 0. The van der Waals surface area contributed by atoms with Crippen LogP contribution < -0.4 is 0 Å². The minimum Gasteiger partial charge on any atom is 1.00 e. The van der Waals surface area contributed by atoms with E-state index in [4.69, 9.17) is 16.0 Å². The van der Waals surface area contributed by atoms with Gasteiger partial charge in [0, 0.05) is 0 Å². The third kappa shape index (κ3) is 18.0. The van der Waals surface area contributed by atoms with Crippen molar-refractivity contribution in [3.63, 3.8) is 0 Å². The Hall–Kier alpha value is -0.000519. The van der Waals surface area contributed by atoms with Crippen molar-refractivity contribution >= 4 is 13.4 Å². The van der Waals surface area contributed by atoms with Crippen LogP contribution in [-0.2, 0) is 7.67 Å². The first-order valence-electron chi connectivity index (χ1n) is 8.79. The van der Waals surface area contributed by atoms with Crippen LogP contribution in [0.5, 0.6) is 0 Å². The first-order valence-corrected chi connectivity index (χ1v) is 11.7. The van der Waals surface area contributed by atoms with E-state index in [0.29, 0.717) is 0 Å². The van der Waals surface area contributed by atoms with Crippen molar-refractivity contribution in [2.24, 2.45) is 0 Å². The zero-order valence-corrected chi connectivity index (χ0v) is 16.8. The van der Waals surface area contributed by atoms with Crippen molar-refractivity contribution in [1.82, 2.24) is 0 Å². The molecule has 0 aliphatic carbocycles.